The molecule has 1 atom stereocenters. The third kappa shape index (κ3) is 27.3. The molecule has 9 nitrogen and oxygen atoms in total. The Morgan fingerprint density at radius 1 is 0.885 bits per heavy atom. The van der Waals surface area contributed by atoms with Crippen molar-refractivity contribution in [3.63, 3.8) is 0 Å². The molecule has 4 N–H and O–H groups in total. The summed E-state index contributed by atoms with van der Waals surface area (Å²) >= 11 is 0. The Bertz CT molecular complexity index is 342. The van der Waals surface area contributed by atoms with Crippen LogP contribution in [0.25, 0.3) is 0 Å². The minimum absolute atomic E-state index is 0.0407. The third-order valence-electron chi connectivity index (χ3n) is 2.80. The average molecular weight is 380 g/mol. The Kier molecular flexibility index (Phi) is 22.1. The van der Waals surface area contributed by atoms with E-state index in [0.717, 1.165) is 19.3 Å². The van der Waals surface area contributed by atoms with Gasteiger partial charge in [-0.1, -0.05) is 26.2 Å². The first-order chi connectivity index (χ1) is 12.4. The van der Waals surface area contributed by atoms with Crippen LogP contribution in [0.3, 0.4) is 0 Å². The van der Waals surface area contributed by atoms with E-state index in [-0.39, 0.29) is 12.7 Å². The van der Waals surface area contributed by atoms with Gasteiger partial charge in [-0.25, -0.2) is 9.59 Å². The van der Waals surface area contributed by atoms with Gasteiger partial charge in [0.05, 0.1) is 52.4 Å². The van der Waals surface area contributed by atoms with Crippen LogP contribution in [-0.2, 0) is 23.8 Å². The van der Waals surface area contributed by atoms with Crippen molar-refractivity contribution in [2.75, 3.05) is 46.2 Å². The molecular formula is C17H32O9. The summed E-state index contributed by atoms with van der Waals surface area (Å²) in [5.41, 5.74) is 0. The number of unbranched alkanes of at least 4 members (excludes halogenated alkanes) is 2. The molecule has 9 heteroatoms. The molecule has 0 rings (SSSR count). The van der Waals surface area contributed by atoms with Crippen molar-refractivity contribution in [2.24, 2.45) is 0 Å². The lowest BCUT2D eigenvalue weighted by molar-refractivity contribution is -0.134. The standard InChI is InChI=1S/C13H28O5.C4H4O4/c1-2-3-4-5-13(15)12-18-11-10-17-9-8-16-7-6-14;5-3(6)1-2-4(7)8/h13-15H,2-12H2,1H3;1-2H,(H,5,6)(H,7,8)/b;2-1-. The number of aliphatic hydroxyl groups is 2. The van der Waals surface area contributed by atoms with E-state index in [9.17, 15) is 14.7 Å². The van der Waals surface area contributed by atoms with E-state index in [0.29, 0.717) is 51.8 Å². The third-order valence-corrected chi connectivity index (χ3v) is 2.80. The molecule has 0 saturated carbocycles. The Balaban J connectivity index is 0. The van der Waals surface area contributed by atoms with Crippen molar-refractivity contribution in [3.05, 3.63) is 12.2 Å². The number of carbonyl (C=O) groups is 2. The summed E-state index contributed by atoms with van der Waals surface area (Å²) in [6, 6.07) is 0. The highest BCUT2D eigenvalue weighted by atomic mass is 16.5. The van der Waals surface area contributed by atoms with Crippen LogP contribution in [0.15, 0.2) is 12.2 Å². The van der Waals surface area contributed by atoms with E-state index in [1.807, 2.05) is 0 Å². The fourth-order valence-corrected chi connectivity index (χ4v) is 1.58. The van der Waals surface area contributed by atoms with Gasteiger partial charge in [0.15, 0.2) is 0 Å². The van der Waals surface area contributed by atoms with Crippen LogP contribution in [0.1, 0.15) is 32.6 Å². The topological polar surface area (TPSA) is 143 Å². The van der Waals surface area contributed by atoms with Crippen LogP contribution in [0.2, 0.25) is 0 Å². The summed E-state index contributed by atoms with van der Waals surface area (Å²) in [7, 11) is 0. The van der Waals surface area contributed by atoms with Gasteiger partial charge in [0, 0.05) is 12.2 Å². The summed E-state index contributed by atoms with van der Waals surface area (Å²) in [6.45, 7) is 4.90. The summed E-state index contributed by atoms with van der Waals surface area (Å²) in [5, 5.41) is 33.6. The molecule has 0 aliphatic carbocycles. The molecule has 0 amide bonds. The number of carboxylic acid groups (broad SMARTS) is 2. The first-order valence-corrected chi connectivity index (χ1v) is 8.60. The van der Waals surface area contributed by atoms with E-state index in [1.54, 1.807) is 0 Å². The molecule has 26 heavy (non-hydrogen) atoms. The summed E-state index contributed by atoms with van der Waals surface area (Å²) in [6.07, 6.45) is 4.95. The second-order valence-electron chi connectivity index (χ2n) is 5.18. The zero-order chi connectivity index (χ0) is 20.0. The van der Waals surface area contributed by atoms with Gasteiger partial charge in [-0.3, -0.25) is 0 Å². The molecule has 154 valence electrons. The highest BCUT2D eigenvalue weighted by molar-refractivity contribution is 5.89. The van der Waals surface area contributed by atoms with Crippen LogP contribution < -0.4 is 0 Å². The van der Waals surface area contributed by atoms with Gasteiger partial charge in [-0.2, -0.15) is 0 Å². The van der Waals surface area contributed by atoms with E-state index in [4.69, 9.17) is 29.5 Å². The first kappa shape index (κ1) is 26.7. The number of rotatable bonds is 16. The summed E-state index contributed by atoms with van der Waals surface area (Å²) < 4.78 is 15.6. The number of aliphatic carboxylic acids is 2. The highest BCUT2D eigenvalue weighted by Crippen LogP contribution is 2.03. The predicted octanol–water partition coefficient (Wildman–Crippen LogP) is 0.682. The molecule has 0 radical (unpaired) electrons. The molecule has 0 aromatic rings. The molecule has 0 bridgehead atoms. The smallest absolute Gasteiger partial charge is 0.328 e. The fraction of sp³-hybridized carbons (Fsp3) is 0.765. The van der Waals surface area contributed by atoms with Gasteiger partial charge in [0.2, 0.25) is 0 Å². The van der Waals surface area contributed by atoms with Gasteiger partial charge >= 0.3 is 11.9 Å². The van der Waals surface area contributed by atoms with Crippen LogP contribution in [0, 0.1) is 0 Å². The van der Waals surface area contributed by atoms with Crippen molar-refractivity contribution in [3.8, 4) is 0 Å². The van der Waals surface area contributed by atoms with Gasteiger partial charge in [0.1, 0.15) is 0 Å². The molecule has 0 aliphatic rings. The Morgan fingerprint density at radius 3 is 1.85 bits per heavy atom. The van der Waals surface area contributed by atoms with Gasteiger partial charge < -0.3 is 34.6 Å². The molecule has 0 spiro atoms. The van der Waals surface area contributed by atoms with Crippen molar-refractivity contribution in [2.45, 2.75) is 38.7 Å². The summed E-state index contributed by atoms with van der Waals surface area (Å²) in [4.78, 5) is 19.1. The maximum absolute atomic E-state index is 9.57. The number of aliphatic hydroxyl groups excluding tert-OH is 2. The van der Waals surface area contributed by atoms with Crippen molar-refractivity contribution in [1.29, 1.82) is 0 Å². The molecule has 0 saturated heterocycles. The second kappa shape index (κ2) is 21.5. The van der Waals surface area contributed by atoms with E-state index < -0.39 is 11.9 Å². The van der Waals surface area contributed by atoms with Gasteiger partial charge in [0.25, 0.3) is 0 Å². The summed E-state index contributed by atoms with van der Waals surface area (Å²) in [5.74, 6) is -2.51. The van der Waals surface area contributed by atoms with E-state index in [1.165, 1.54) is 6.42 Å². The van der Waals surface area contributed by atoms with Crippen LogP contribution in [0.4, 0.5) is 0 Å². The van der Waals surface area contributed by atoms with E-state index in [2.05, 4.69) is 6.92 Å². The minimum atomic E-state index is -1.26. The minimum Gasteiger partial charge on any atom is -0.478 e. The van der Waals surface area contributed by atoms with E-state index >= 15 is 0 Å². The SMILES string of the molecule is CCCCCC(O)COCCOCCOCCO.O=C(O)/C=C\C(=O)O. The quantitative estimate of drug-likeness (QED) is 0.224. The largest absolute Gasteiger partial charge is 0.478 e. The number of ether oxygens (including phenoxy) is 3. The van der Waals surface area contributed by atoms with Crippen LogP contribution in [-0.4, -0.2) is 84.7 Å². The zero-order valence-electron chi connectivity index (χ0n) is 15.3. The van der Waals surface area contributed by atoms with Crippen molar-refractivity contribution >= 4 is 11.9 Å². The number of carboxylic acids is 2. The Hall–Kier alpha value is -1.52. The van der Waals surface area contributed by atoms with Crippen molar-refractivity contribution in [1.82, 2.24) is 0 Å². The highest BCUT2D eigenvalue weighted by Gasteiger charge is 2.03. The Morgan fingerprint density at radius 2 is 1.38 bits per heavy atom. The fourth-order valence-electron chi connectivity index (χ4n) is 1.58. The van der Waals surface area contributed by atoms with Gasteiger partial charge in [-0.05, 0) is 6.42 Å². The lowest BCUT2D eigenvalue weighted by Crippen LogP contribution is -2.18. The predicted molar refractivity (Wildman–Crippen MR) is 94.1 cm³/mol. The van der Waals surface area contributed by atoms with Crippen molar-refractivity contribution < 1.29 is 44.2 Å². The number of hydrogen-bond acceptors (Lipinski definition) is 7. The Labute approximate surface area is 154 Å². The van der Waals surface area contributed by atoms with Crippen LogP contribution in [0.5, 0.6) is 0 Å². The lowest BCUT2D eigenvalue weighted by Gasteiger charge is -2.11. The average Bonchev–Trinajstić information content (AvgIpc) is 2.59. The zero-order valence-corrected chi connectivity index (χ0v) is 15.3. The molecule has 0 aromatic heterocycles. The lowest BCUT2D eigenvalue weighted by atomic mass is 10.1. The molecular weight excluding hydrogens is 348 g/mol. The molecule has 0 aliphatic heterocycles. The molecule has 0 aromatic carbocycles. The molecule has 0 heterocycles. The molecule has 0 fully saturated rings. The second-order valence-corrected chi connectivity index (χ2v) is 5.18. The first-order valence-electron chi connectivity index (χ1n) is 8.60. The number of hydrogen-bond donors (Lipinski definition) is 4. The maximum atomic E-state index is 9.57. The van der Waals surface area contributed by atoms with Crippen LogP contribution >= 0.6 is 0 Å². The van der Waals surface area contributed by atoms with Gasteiger partial charge in [-0.15, -0.1) is 0 Å². The normalized spacial score (nSPS) is 11.8. The monoisotopic (exact) mass is 380 g/mol. The maximum Gasteiger partial charge on any atom is 0.328 e. The molecule has 1 unspecified atom stereocenters.